The predicted octanol–water partition coefficient (Wildman–Crippen LogP) is 2.36. The topological polar surface area (TPSA) is 103 Å². The number of anilines is 1. The summed E-state index contributed by atoms with van der Waals surface area (Å²) in [6, 6.07) is 14.8. The van der Waals surface area contributed by atoms with Gasteiger partial charge in [0, 0.05) is 5.69 Å². The number of imide groups is 1. The molecular weight excluding hydrogens is 352 g/mol. The van der Waals surface area contributed by atoms with Gasteiger partial charge in [0.05, 0.1) is 20.1 Å². The molecule has 2 rings (SSSR count). The molecule has 0 aromatic heterocycles. The molecule has 0 spiro atoms. The minimum atomic E-state index is -0.738. The Morgan fingerprint density at radius 3 is 2.30 bits per heavy atom. The first kappa shape index (κ1) is 19.8. The zero-order chi connectivity index (χ0) is 19.5. The number of urea groups is 1. The molecule has 0 saturated heterocycles. The molecule has 142 valence electrons. The molecule has 0 unspecified atom stereocenters. The highest BCUT2D eigenvalue weighted by Crippen LogP contribution is 2.14. The number of carbonyl (C=O) groups excluding carboxylic acids is 3. The van der Waals surface area contributed by atoms with E-state index < -0.39 is 24.5 Å². The van der Waals surface area contributed by atoms with Crippen LogP contribution in [0.15, 0.2) is 54.6 Å². The molecule has 8 heteroatoms. The van der Waals surface area contributed by atoms with Crippen molar-refractivity contribution in [3.8, 4) is 11.5 Å². The van der Waals surface area contributed by atoms with E-state index in [1.54, 1.807) is 36.4 Å². The SMILES string of the molecule is COc1ccc(NC(=O)NC(=O)COC(=O)CCOc2ccccc2)cc1. The summed E-state index contributed by atoms with van der Waals surface area (Å²) < 4.78 is 15.2. The molecule has 0 bridgehead atoms. The monoisotopic (exact) mass is 372 g/mol. The van der Waals surface area contributed by atoms with Gasteiger partial charge in [-0.1, -0.05) is 18.2 Å². The van der Waals surface area contributed by atoms with E-state index in [0.29, 0.717) is 17.2 Å². The van der Waals surface area contributed by atoms with E-state index in [-0.39, 0.29) is 13.0 Å². The highest BCUT2D eigenvalue weighted by Gasteiger charge is 2.11. The molecule has 0 aliphatic rings. The lowest BCUT2D eigenvalue weighted by molar-refractivity contribution is -0.148. The molecule has 0 aliphatic carbocycles. The lowest BCUT2D eigenvalue weighted by Crippen LogP contribution is -2.37. The van der Waals surface area contributed by atoms with Crippen LogP contribution >= 0.6 is 0 Å². The molecule has 0 saturated carbocycles. The molecule has 8 nitrogen and oxygen atoms in total. The van der Waals surface area contributed by atoms with Crippen molar-refractivity contribution in [2.45, 2.75) is 6.42 Å². The largest absolute Gasteiger partial charge is 0.497 e. The number of para-hydroxylation sites is 1. The van der Waals surface area contributed by atoms with Gasteiger partial charge in [-0.25, -0.2) is 4.79 Å². The minimum Gasteiger partial charge on any atom is -0.497 e. The van der Waals surface area contributed by atoms with E-state index in [2.05, 4.69) is 10.6 Å². The maximum Gasteiger partial charge on any atom is 0.325 e. The van der Waals surface area contributed by atoms with Crippen LogP contribution < -0.4 is 20.1 Å². The molecule has 2 N–H and O–H groups in total. The van der Waals surface area contributed by atoms with Crippen molar-refractivity contribution in [3.63, 3.8) is 0 Å². The van der Waals surface area contributed by atoms with Crippen LogP contribution in [0.2, 0.25) is 0 Å². The van der Waals surface area contributed by atoms with Crippen LogP contribution in [0.5, 0.6) is 11.5 Å². The lowest BCUT2D eigenvalue weighted by Gasteiger charge is -2.08. The molecule has 0 radical (unpaired) electrons. The van der Waals surface area contributed by atoms with Gasteiger partial charge in [0.15, 0.2) is 6.61 Å². The van der Waals surface area contributed by atoms with Crippen molar-refractivity contribution in [1.82, 2.24) is 5.32 Å². The van der Waals surface area contributed by atoms with Crippen molar-refractivity contribution in [1.29, 1.82) is 0 Å². The van der Waals surface area contributed by atoms with Gasteiger partial charge in [0.2, 0.25) is 0 Å². The average Bonchev–Trinajstić information content (AvgIpc) is 2.68. The summed E-state index contributed by atoms with van der Waals surface area (Å²) >= 11 is 0. The van der Waals surface area contributed by atoms with Crippen LogP contribution in [-0.4, -0.2) is 38.2 Å². The predicted molar refractivity (Wildman–Crippen MR) is 97.7 cm³/mol. The molecule has 3 amide bonds. The van der Waals surface area contributed by atoms with Gasteiger partial charge in [-0.3, -0.25) is 14.9 Å². The lowest BCUT2D eigenvalue weighted by atomic mass is 10.3. The Kier molecular flexibility index (Phi) is 7.65. The summed E-state index contributed by atoms with van der Waals surface area (Å²) in [5, 5.41) is 4.54. The fourth-order valence-electron chi connectivity index (χ4n) is 1.99. The fraction of sp³-hybridized carbons (Fsp3) is 0.211. The minimum absolute atomic E-state index is 0.0137. The van der Waals surface area contributed by atoms with Gasteiger partial charge < -0.3 is 19.5 Å². The van der Waals surface area contributed by atoms with Gasteiger partial charge in [-0.15, -0.1) is 0 Å². The first-order valence-corrected chi connectivity index (χ1v) is 8.15. The van der Waals surface area contributed by atoms with Crippen LogP contribution in [0.25, 0.3) is 0 Å². The summed E-state index contributed by atoms with van der Waals surface area (Å²) in [7, 11) is 1.53. The van der Waals surface area contributed by atoms with Crippen molar-refractivity contribution in [2.24, 2.45) is 0 Å². The second-order valence-corrected chi connectivity index (χ2v) is 5.30. The van der Waals surface area contributed by atoms with E-state index in [9.17, 15) is 14.4 Å². The molecule has 2 aromatic carbocycles. The molecule has 0 aliphatic heterocycles. The third-order valence-electron chi connectivity index (χ3n) is 3.28. The fourth-order valence-corrected chi connectivity index (χ4v) is 1.99. The summed E-state index contributed by atoms with van der Waals surface area (Å²) in [4.78, 5) is 34.9. The van der Waals surface area contributed by atoms with E-state index >= 15 is 0 Å². The summed E-state index contributed by atoms with van der Waals surface area (Å²) in [6.45, 7) is -0.428. The Morgan fingerprint density at radius 1 is 0.926 bits per heavy atom. The highest BCUT2D eigenvalue weighted by atomic mass is 16.5. The highest BCUT2D eigenvalue weighted by molar-refractivity contribution is 6.01. The van der Waals surface area contributed by atoms with Gasteiger partial charge in [-0.2, -0.15) is 0 Å². The van der Waals surface area contributed by atoms with Crippen molar-refractivity contribution < 1.29 is 28.6 Å². The van der Waals surface area contributed by atoms with Gasteiger partial charge in [0.1, 0.15) is 11.5 Å². The Hall–Kier alpha value is -3.55. The van der Waals surface area contributed by atoms with E-state index in [4.69, 9.17) is 14.2 Å². The number of hydrogen-bond acceptors (Lipinski definition) is 6. The van der Waals surface area contributed by atoms with Crippen LogP contribution in [0, 0.1) is 0 Å². The second kappa shape index (κ2) is 10.4. The Labute approximate surface area is 156 Å². The number of nitrogens with one attached hydrogen (secondary N) is 2. The first-order valence-electron chi connectivity index (χ1n) is 8.15. The number of rotatable bonds is 8. The van der Waals surface area contributed by atoms with Gasteiger partial charge >= 0.3 is 12.0 Å². The summed E-state index contributed by atoms with van der Waals surface area (Å²) in [5.74, 6) is -0.0616. The number of amides is 3. The third-order valence-corrected chi connectivity index (χ3v) is 3.28. The maximum absolute atomic E-state index is 11.7. The standard InChI is InChI=1S/C19H20N2O6/c1-25-15-9-7-14(8-10-15)20-19(24)21-17(22)13-27-18(23)11-12-26-16-5-3-2-4-6-16/h2-10H,11-13H2,1H3,(H2,20,21,22,24). The molecule has 27 heavy (non-hydrogen) atoms. The first-order chi connectivity index (χ1) is 13.1. The quantitative estimate of drug-likeness (QED) is 0.690. The number of ether oxygens (including phenoxy) is 3. The van der Waals surface area contributed by atoms with Crippen LogP contribution in [0.3, 0.4) is 0 Å². The van der Waals surface area contributed by atoms with E-state index in [0.717, 1.165) is 0 Å². The summed E-state index contributed by atoms with van der Waals surface area (Å²) in [6.07, 6.45) is -0.0137. The molecule has 2 aromatic rings. The van der Waals surface area contributed by atoms with Crippen molar-refractivity contribution >= 4 is 23.6 Å². The number of carbonyl (C=O) groups is 3. The second-order valence-electron chi connectivity index (χ2n) is 5.30. The van der Waals surface area contributed by atoms with Gasteiger partial charge in [-0.05, 0) is 36.4 Å². The number of esters is 1. The maximum atomic E-state index is 11.7. The van der Waals surface area contributed by atoms with Crippen LogP contribution in [0.1, 0.15) is 6.42 Å². The van der Waals surface area contributed by atoms with Crippen molar-refractivity contribution in [2.75, 3.05) is 25.6 Å². The van der Waals surface area contributed by atoms with E-state index in [1.807, 2.05) is 18.2 Å². The zero-order valence-electron chi connectivity index (χ0n) is 14.8. The zero-order valence-corrected chi connectivity index (χ0v) is 14.8. The number of methoxy groups -OCH3 is 1. The summed E-state index contributed by atoms with van der Waals surface area (Å²) in [5.41, 5.74) is 0.483. The molecule has 0 heterocycles. The van der Waals surface area contributed by atoms with Gasteiger partial charge in [0.25, 0.3) is 5.91 Å². The Morgan fingerprint density at radius 2 is 1.63 bits per heavy atom. The average molecular weight is 372 g/mol. The smallest absolute Gasteiger partial charge is 0.325 e. The molecular formula is C19H20N2O6. The van der Waals surface area contributed by atoms with Crippen LogP contribution in [-0.2, 0) is 14.3 Å². The van der Waals surface area contributed by atoms with Crippen LogP contribution in [0.4, 0.5) is 10.5 Å². The number of benzene rings is 2. The number of hydrogen-bond donors (Lipinski definition) is 2. The third kappa shape index (κ3) is 7.47. The Bertz CT molecular complexity index is 762. The Balaban J connectivity index is 1.62. The van der Waals surface area contributed by atoms with E-state index in [1.165, 1.54) is 7.11 Å². The van der Waals surface area contributed by atoms with Crippen molar-refractivity contribution in [3.05, 3.63) is 54.6 Å². The molecule has 0 atom stereocenters. The molecule has 0 fully saturated rings. The normalized spacial score (nSPS) is 9.81.